The van der Waals surface area contributed by atoms with Crippen LogP contribution < -0.4 is 19.1 Å². The Bertz CT molecular complexity index is 1280. The summed E-state index contributed by atoms with van der Waals surface area (Å²) in [6, 6.07) is 8.73. The highest BCUT2D eigenvalue weighted by Crippen LogP contribution is 2.34. The number of rotatable bonds is 12. The summed E-state index contributed by atoms with van der Waals surface area (Å²) < 4.78 is 37.4. The summed E-state index contributed by atoms with van der Waals surface area (Å²) in [7, 11) is -1.06. The van der Waals surface area contributed by atoms with E-state index in [-0.39, 0.29) is 29.9 Å². The normalized spacial score (nSPS) is 14.5. The molecule has 1 aliphatic carbocycles. The molecule has 1 saturated carbocycles. The largest absolute Gasteiger partial charge is 0.497 e. The summed E-state index contributed by atoms with van der Waals surface area (Å²) >= 11 is 12.5. The molecule has 1 aliphatic rings. The lowest BCUT2D eigenvalue weighted by atomic mass is 10.1. The van der Waals surface area contributed by atoms with E-state index in [4.69, 9.17) is 32.7 Å². The van der Waals surface area contributed by atoms with Crippen LogP contribution in [0, 0.1) is 0 Å². The molecule has 2 aromatic rings. The quantitative estimate of drug-likeness (QED) is 0.381. The molecule has 2 amide bonds. The Morgan fingerprint density at radius 1 is 1.08 bits per heavy atom. The van der Waals surface area contributed by atoms with E-state index in [2.05, 4.69) is 5.32 Å². The Morgan fingerprint density at radius 2 is 1.77 bits per heavy atom. The number of anilines is 1. The van der Waals surface area contributed by atoms with E-state index in [1.807, 2.05) is 6.92 Å². The number of carbonyl (C=O) groups excluding carboxylic acids is 2. The highest BCUT2D eigenvalue weighted by atomic mass is 35.5. The van der Waals surface area contributed by atoms with Gasteiger partial charge in [-0.2, -0.15) is 0 Å². The zero-order chi connectivity index (χ0) is 28.7. The minimum absolute atomic E-state index is 0.0111. The topological polar surface area (TPSA) is 105 Å². The summed E-state index contributed by atoms with van der Waals surface area (Å²) in [5.41, 5.74) is 0.747. The molecule has 0 saturated heterocycles. The van der Waals surface area contributed by atoms with Gasteiger partial charge >= 0.3 is 0 Å². The number of methoxy groups -OCH3 is 2. The molecule has 1 fully saturated rings. The summed E-state index contributed by atoms with van der Waals surface area (Å²) in [6.07, 6.45) is 5.18. The third kappa shape index (κ3) is 7.93. The zero-order valence-electron chi connectivity index (χ0n) is 22.6. The molecule has 0 radical (unpaired) electrons. The standard InChI is InChI=1S/C27H35Cl2N3O6S/c1-5-23(27(34)30-20-8-6-7-9-20)31(16-18-10-11-19(28)14-22(18)29)26(33)17-32(39(4,35)36)24-13-12-21(37-2)15-25(24)38-3/h10-15,20,23H,5-9,16-17H2,1-4H3,(H,30,34). The van der Waals surface area contributed by atoms with E-state index in [9.17, 15) is 18.0 Å². The Hall–Kier alpha value is -2.69. The molecule has 3 rings (SSSR count). The first-order valence-corrected chi connectivity index (χ1v) is 15.3. The van der Waals surface area contributed by atoms with Crippen LogP contribution in [0.5, 0.6) is 11.5 Å². The second-order valence-electron chi connectivity index (χ2n) is 9.48. The van der Waals surface area contributed by atoms with Crippen LogP contribution in [0.15, 0.2) is 36.4 Å². The maximum Gasteiger partial charge on any atom is 0.244 e. The first kappa shape index (κ1) is 30.8. The number of ether oxygens (including phenoxy) is 2. The van der Waals surface area contributed by atoms with E-state index in [1.54, 1.807) is 24.3 Å². The van der Waals surface area contributed by atoms with Gasteiger partial charge < -0.3 is 19.7 Å². The van der Waals surface area contributed by atoms with Crippen molar-refractivity contribution in [1.82, 2.24) is 10.2 Å². The number of nitrogens with one attached hydrogen (secondary N) is 1. The van der Waals surface area contributed by atoms with Crippen LogP contribution >= 0.6 is 23.2 Å². The predicted octanol–water partition coefficient (Wildman–Crippen LogP) is 4.64. The lowest BCUT2D eigenvalue weighted by molar-refractivity contribution is -0.140. The van der Waals surface area contributed by atoms with E-state index in [0.717, 1.165) is 36.2 Å². The minimum atomic E-state index is -3.94. The SMILES string of the molecule is CCC(C(=O)NC1CCCC1)N(Cc1ccc(Cl)cc1Cl)C(=O)CN(c1ccc(OC)cc1OC)S(C)(=O)=O. The third-order valence-corrected chi connectivity index (χ3v) is 8.49. The van der Waals surface area contributed by atoms with Crippen LogP contribution in [-0.2, 0) is 26.2 Å². The van der Waals surface area contributed by atoms with Crippen molar-refractivity contribution in [3.63, 3.8) is 0 Å². The highest BCUT2D eigenvalue weighted by molar-refractivity contribution is 7.92. The lowest BCUT2D eigenvalue weighted by Crippen LogP contribution is -2.53. The molecular formula is C27H35Cl2N3O6S. The minimum Gasteiger partial charge on any atom is -0.497 e. The van der Waals surface area contributed by atoms with Crippen molar-refractivity contribution >= 4 is 50.7 Å². The predicted molar refractivity (Wildman–Crippen MR) is 153 cm³/mol. The number of nitrogens with zero attached hydrogens (tertiary/aromatic N) is 2. The number of carbonyl (C=O) groups is 2. The van der Waals surface area contributed by atoms with Crippen LogP contribution in [0.1, 0.15) is 44.6 Å². The molecule has 39 heavy (non-hydrogen) atoms. The number of benzene rings is 2. The van der Waals surface area contributed by atoms with Gasteiger partial charge in [0.05, 0.1) is 26.2 Å². The summed E-state index contributed by atoms with van der Waals surface area (Å²) in [5.74, 6) is -0.177. The monoisotopic (exact) mass is 599 g/mol. The van der Waals surface area contributed by atoms with Gasteiger partial charge in [0, 0.05) is 28.7 Å². The molecule has 214 valence electrons. The molecule has 0 heterocycles. The Balaban J connectivity index is 1.99. The third-order valence-electron chi connectivity index (χ3n) is 6.78. The van der Waals surface area contributed by atoms with Gasteiger partial charge in [-0.1, -0.05) is 49.0 Å². The van der Waals surface area contributed by atoms with Crippen molar-refractivity contribution in [3.05, 3.63) is 52.0 Å². The Kier molecular flexibility index (Phi) is 10.7. The molecule has 0 aromatic heterocycles. The van der Waals surface area contributed by atoms with Gasteiger partial charge in [-0.25, -0.2) is 8.42 Å². The van der Waals surface area contributed by atoms with Gasteiger partial charge in [-0.05, 0) is 49.1 Å². The average molecular weight is 601 g/mol. The van der Waals surface area contributed by atoms with Crippen molar-refractivity contribution in [2.75, 3.05) is 31.3 Å². The molecule has 0 bridgehead atoms. The summed E-state index contributed by atoms with van der Waals surface area (Å²) in [4.78, 5) is 28.7. The van der Waals surface area contributed by atoms with E-state index in [0.29, 0.717) is 27.8 Å². The average Bonchev–Trinajstić information content (AvgIpc) is 3.40. The lowest BCUT2D eigenvalue weighted by Gasteiger charge is -2.34. The van der Waals surface area contributed by atoms with Crippen molar-refractivity contribution in [2.45, 2.75) is 57.7 Å². The maximum atomic E-state index is 13.9. The number of hydrogen-bond donors (Lipinski definition) is 1. The number of hydrogen-bond acceptors (Lipinski definition) is 6. The van der Waals surface area contributed by atoms with Gasteiger partial charge in [0.25, 0.3) is 0 Å². The molecule has 9 nitrogen and oxygen atoms in total. The van der Waals surface area contributed by atoms with Crippen LogP contribution in [0.2, 0.25) is 10.0 Å². The molecule has 1 atom stereocenters. The van der Waals surface area contributed by atoms with Gasteiger partial charge in [-0.3, -0.25) is 13.9 Å². The number of sulfonamides is 1. The summed E-state index contributed by atoms with van der Waals surface area (Å²) in [5, 5.41) is 3.84. The fourth-order valence-corrected chi connectivity index (χ4v) is 6.03. The van der Waals surface area contributed by atoms with Gasteiger partial charge in [0.2, 0.25) is 21.8 Å². The van der Waals surface area contributed by atoms with Crippen LogP contribution in [0.3, 0.4) is 0 Å². The molecule has 12 heteroatoms. The molecule has 0 spiro atoms. The second kappa shape index (κ2) is 13.6. The van der Waals surface area contributed by atoms with Gasteiger partial charge in [0.15, 0.2) is 0 Å². The van der Waals surface area contributed by atoms with Crippen molar-refractivity contribution in [2.24, 2.45) is 0 Å². The highest BCUT2D eigenvalue weighted by Gasteiger charge is 2.34. The van der Waals surface area contributed by atoms with E-state index < -0.39 is 28.5 Å². The fourth-order valence-electron chi connectivity index (χ4n) is 4.71. The fraction of sp³-hybridized carbons (Fsp3) is 0.481. The van der Waals surface area contributed by atoms with E-state index >= 15 is 0 Å². The Labute approximate surface area is 240 Å². The number of halogens is 2. The first-order chi connectivity index (χ1) is 18.5. The van der Waals surface area contributed by atoms with Gasteiger partial charge in [0.1, 0.15) is 24.1 Å². The van der Waals surface area contributed by atoms with Gasteiger partial charge in [-0.15, -0.1) is 0 Å². The zero-order valence-corrected chi connectivity index (χ0v) is 24.9. The molecule has 0 aliphatic heterocycles. The van der Waals surface area contributed by atoms with Crippen LogP contribution in [0.25, 0.3) is 0 Å². The maximum absolute atomic E-state index is 13.9. The molecule has 1 N–H and O–H groups in total. The Morgan fingerprint density at radius 3 is 2.33 bits per heavy atom. The molecule has 1 unspecified atom stereocenters. The van der Waals surface area contributed by atoms with E-state index in [1.165, 1.54) is 31.3 Å². The van der Waals surface area contributed by atoms with Crippen molar-refractivity contribution in [1.29, 1.82) is 0 Å². The van der Waals surface area contributed by atoms with Crippen molar-refractivity contribution in [3.8, 4) is 11.5 Å². The molecule has 2 aromatic carbocycles. The smallest absolute Gasteiger partial charge is 0.244 e. The first-order valence-electron chi connectivity index (χ1n) is 12.7. The van der Waals surface area contributed by atoms with Crippen LogP contribution in [-0.4, -0.2) is 64.2 Å². The van der Waals surface area contributed by atoms with Crippen molar-refractivity contribution < 1.29 is 27.5 Å². The summed E-state index contributed by atoms with van der Waals surface area (Å²) in [6.45, 7) is 1.24. The molecular weight excluding hydrogens is 565 g/mol. The number of amides is 2. The van der Waals surface area contributed by atoms with Crippen LogP contribution in [0.4, 0.5) is 5.69 Å². The second-order valence-corrected chi connectivity index (χ2v) is 12.2.